The number of nitrogens with one attached hydrogen (secondary N) is 2. The van der Waals surface area contributed by atoms with E-state index in [-0.39, 0.29) is 11.3 Å². The first-order valence-corrected chi connectivity index (χ1v) is 6.71. The largest absolute Gasteiger partial charge is 0.478 e. The highest BCUT2D eigenvalue weighted by Gasteiger charge is 2.15. The van der Waals surface area contributed by atoms with Crippen LogP contribution in [-0.2, 0) is 4.74 Å². The van der Waals surface area contributed by atoms with Crippen LogP contribution in [0.2, 0.25) is 0 Å². The molecule has 114 valence electrons. The first-order valence-electron chi connectivity index (χ1n) is 6.71. The van der Waals surface area contributed by atoms with Crippen molar-refractivity contribution in [3.05, 3.63) is 29.6 Å². The average Bonchev–Trinajstić information content (AvgIpc) is 2.48. The van der Waals surface area contributed by atoms with E-state index in [1.165, 1.54) is 0 Å². The monoisotopic (exact) mass is 296 g/mol. The van der Waals surface area contributed by atoms with Crippen LogP contribution >= 0.6 is 0 Å². The number of carboxylic acids is 1. The van der Waals surface area contributed by atoms with E-state index in [1.54, 1.807) is 0 Å². The molecule has 0 radical (unpaired) electrons. The molecule has 1 heterocycles. The van der Waals surface area contributed by atoms with Gasteiger partial charge in [-0.05, 0) is 37.0 Å². The molecule has 1 aliphatic heterocycles. The van der Waals surface area contributed by atoms with Gasteiger partial charge in [0.1, 0.15) is 5.82 Å². The summed E-state index contributed by atoms with van der Waals surface area (Å²) in [6.07, 6.45) is 1.76. The van der Waals surface area contributed by atoms with Crippen LogP contribution in [0.5, 0.6) is 0 Å². The Morgan fingerprint density at radius 1 is 1.33 bits per heavy atom. The van der Waals surface area contributed by atoms with Gasteiger partial charge in [-0.1, -0.05) is 0 Å². The quantitative estimate of drug-likeness (QED) is 0.793. The first kappa shape index (κ1) is 15.2. The Bertz CT molecular complexity index is 530. The van der Waals surface area contributed by atoms with Gasteiger partial charge in [0.05, 0.1) is 11.3 Å². The number of ether oxygens (including phenoxy) is 1. The molecule has 0 bridgehead atoms. The number of carboxylic acid groups (broad SMARTS) is 1. The zero-order valence-corrected chi connectivity index (χ0v) is 11.4. The molecular weight excluding hydrogens is 279 g/mol. The molecule has 0 aliphatic carbocycles. The van der Waals surface area contributed by atoms with Gasteiger partial charge in [-0.2, -0.15) is 0 Å². The summed E-state index contributed by atoms with van der Waals surface area (Å²) in [4.78, 5) is 22.5. The lowest BCUT2D eigenvalue weighted by molar-refractivity contribution is 0.0670. The molecule has 7 heteroatoms. The molecule has 1 saturated heterocycles. The number of carbonyl (C=O) groups is 2. The molecule has 3 N–H and O–H groups in total. The number of aromatic carboxylic acids is 1. The van der Waals surface area contributed by atoms with Gasteiger partial charge in [0.15, 0.2) is 0 Å². The van der Waals surface area contributed by atoms with Gasteiger partial charge in [0.2, 0.25) is 0 Å². The molecule has 21 heavy (non-hydrogen) atoms. The van der Waals surface area contributed by atoms with Crippen molar-refractivity contribution in [2.75, 3.05) is 25.1 Å². The third kappa shape index (κ3) is 4.42. The molecule has 0 saturated carbocycles. The van der Waals surface area contributed by atoms with Crippen molar-refractivity contribution >= 4 is 17.7 Å². The Kier molecular flexibility index (Phi) is 5.10. The lowest BCUT2D eigenvalue weighted by Gasteiger charge is -2.22. The fraction of sp³-hybridized carbons (Fsp3) is 0.429. The van der Waals surface area contributed by atoms with Crippen LogP contribution in [0.1, 0.15) is 23.2 Å². The Hall–Kier alpha value is -2.15. The Labute approximate surface area is 121 Å². The van der Waals surface area contributed by atoms with Crippen LogP contribution in [0.3, 0.4) is 0 Å². The number of amides is 2. The van der Waals surface area contributed by atoms with Crippen LogP contribution < -0.4 is 10.6 Å². The summed E-state index contributed by atoms with van der Waals surface area (Å²) in [6.45, 7) is 1.85. The molecule has 2 rings (SSSR count). The highest BCUT2D eigenvalue weighted by atomic mass is 19.1. The molecule has 0 unspecified atom stereocenters. The minimum atomic E-state index is -1.18. The summed E-state index contributed by atoms with van der Waals surface area (Å²) >= 11 is 0. The van der Waals surface area contributed by atoms with E-state index in [2.05, 4.69) is 10.6 Å². The molecule has 1 aromatic carbocycles. The molecule has 1 fully saturated rings. The summed E-state index contributed by atoms with van der Waals surface area (Å²) in [6, 6.07) is 2.69. The lowest BCUT2D eigenvalue weighted by atomic mass is 10.0. The normalized spacial score (nSPS) is 15.5. The van der Waals surface area contributed by atoms with Gasteiger partial charge in [-0.25, -0.2) is 14.0 Å². The van der Waals surface area contributed by atoms with Crippen LogP contribution in [0.15, 0.2) is 18.2 Å². The predicted molar refractivity (Wildman–Crippen MR) is 73.9 cm³/mol. The fourth-order valence-corrected chi connectivity index (χ4v) is 2.11. The smallest absolute Gasteiger partial charge is 0.335 e. The Morgan fingerprint density at radius 3 is 2.71 bits per heavy atom. The number of urea groups is 1. The Morgan fingerprint density at radius 2 is 2.05 bits per heavy atom. The van der Waals surface area contributed by atoms with E-state index in [9.17, 15) is 14.0 Å². The number of benzene rings is 1. The zero-order chi connectivity index (χ0) is 15.2. The number of hydrogen-bond donors (Lipinski definition) is 3. The standard InChI is InChI=1S/C14H17FN2O4/c15-11-2-1-10(13(18)19)7-12(11)17-14(20)16-8-9-3-5-21-6-4-9/h1-2,7,9H,3-6,8H2,(H,18,19)(H2,16,17,20). The van der Waals surface area contributed by atoms with Crippen molar-refractivity contribution in [1.29, 1.82) is 0 Å². The van der Waals surface area contributed by atoms with E-state index >= 15 is 0 Å². The third-order valence-electron chi connectivity index (χ3n) is 3.35. The molecule has 2 amide bonds. The second-order valence-corrected chi connectivity index (χ2v) is 4.89. The van der Waals surface area contributed by atoms with Crippen LogP contribution in [0, 0.1) is 11.7 Å². The lowest BCUT2D eigenvalue weighted by Crippen LogP contribution is -2.35. The summed E-state index contributed by atoms with van der Waals surface area (Å²) in [7, 11) is 0. The van der Waals surface area contributed by atoms with Gasteiger partial charge in [-0.15, -0.1) is 0 Å². The summed E-state index contributed by atoms with van der Waals surface area (Å²) in [5.74, 6) is -1.51. The SMILES string of the molecule is O=C(NCC1CCOCC1)Nc1cc(C(=O)O)ccc1F. The first-order chi connectivity index (χ1) is 10.1. The minimum absolute atomic E-state index is 0.0869. The van der Waals surface area contributed by atoms with Crippen molar-refractivity contribution in [2.24, 2.45) is 5.92 Å². The molecule has 0 aromatic heterocycles. The number of hydrogen-bond acceptors (Lipinski definition) is 3. The maximum absolute atomic E-state index is 13.5. The molecule has 0 spiro atoms. The molecule has 0 atom stereocenters. The van der Waals surface area contributed by atoms with E-state index in [0.29, 0.717) is 25.7 Å². The number of halogens is 1. The minimum Gasteiger partial charge on any atom is -0.478 e. The van der Waals surface area contributed by atoms with E-state index in [1.807, 2.05) is 0 Å². The average molecular weight is 296 g/mol. The molecule has 1 aliphatic rings. The number of carbonyl (C=O) groups excluding carboxylic acids is 1. The number of anilines is 1. The number of rotatable bonds is 4. The molecular formula is C14H17FN2O4. The van der Waals surface area contributed by atoms with Crippen LogP contribution in [0.25, 0.3) is 0 Å². The third-order valence-corrected chi connectivity index (χ3v) is 3.35. The van der Waals surface area contributed by atoms with Crippen molar-refractivity contribution in [2.45, 2.75) is 12.8 Å². The fourth-order valence-electron chi connectivity index (χ4n) is 2.11. The molecule has 1 aromatic rings. The van der Waals surface area contributed by atoms with Gasteiger partial charge < -0.3 is 20.5 Å². The zero-order valence-electron chi connectivity index (χ0n) is 11.4. The maximum atomic E-state index is 13.5. The van der Waals surface area contributed by atoms with E-state index < -0.39 is 17.8 Å². The van der Waals surface area contributed by atoms with Crippen molar-refractivity contribution in [1.82, 2.24) is 5.32 Å². The topological polar surface area (TPSA) is 87.7 Å². The second kappa shape index (κ2) is 7.03. The highest BCUT2D eigenvalue weighted by Crippen LogP contribution is 2.17. The van der Waals surface area contributed by atoms with Crippen molar-refractivity contribution in [3.63, 3.8) is 0 Å². The second-order valence-electron chi connectivity index (χ2n) is 4.89. The summed E-state index contributed by atoms with van der Waals surface area (Å²) < 4.78 is 18.8. The van der Waals surface area contributed by atoms with Crippen LogP contribution in [0.4, 0.5) is 14.9 Å². The van der Waals surface area contributed by atoms with Crippen molar-refractivity contribution < 1.29 is 23.8 Å². The van der Waals surface area contributed by atoms with Crippen molar-refractivity contribution in [3.8, 4) is 0 Å². The van der Waals surface area contributed by atoms with Crippen LogP contribution in [-0.4, -0.2) is 36.9 Å². The predicted octanol–water partition coefficient (Wildman–Crippen LogP) is 2.07. The van der Waals surface area contributed by atoms with E-state index in [4.69, 9.17) is 9.84 Å². The van der Waals surface area contributed by atoms with E-state index in [0.717, 1.165) is 31.0 Å². The van der Waals surface area contributed by atoms with Gasteiger partial charge in [-0.3, -0.25) is 0 Å². The highest BCUT2D eigenvalue weighted by molar-refractivity contribution is 5.93. The summed E-state index contributed by atoms with van der Waals surface area (Å²) in [5.41, 5.74) is -0.240. The van der Waals surface area contributed by atoms with Gasteiger partial charge in [0.25, 0.3) is 0 Å². The summed E-state index contributed by atoms with van der Waals surface area (Å²) in [5, 5.41) is 13.8. The Balaban J connectivity index is 1.89. The molecule has 6 nitrogen and oxygen atoms in total. The van der Waals surface area contributed by atoms with Gasteiger partial charge in [0, 0.05) is 19.8 Å². The van der Waals surface area contributed by atoms with Gasteiger partial charge >= 0.3 is 12.0 Å². The maximum Gasteiger partial charge on any atom is 0.335 e.